The number of hydrogen-bond acceptors (Lipinski definition) is 1. The van der Waals surface area contributed by atoms with Gasteiger partial charge in [-0.15, -0.1) is 0 Å². The average molecular weight is 244 g/mol. The topological polar surface area (TPSA) is 37.3 Å². The molecule has 0 aromatic heterocycles. The monoisotopic (exact) mass is 244 g/mol. The minimum Gasteiger partial charge on any atom is -0.478 e. The van der Waals surface area contributed by atoms with Crippen LogP contribution in [0.2, 0.25) is 0 Å². The number of allylic oxidation sites excluding steroid dienone is 2. The van der Waals surface area contributed by atoms with Gasteiger partial charge in [-0.25, -0.2) is 4.79 Å². The zero-order chi connectivity index (χ0) is 14.4. The lowest BCUT2D eigenvalue weighted by atomic mass is 10.2. The van der Waals surface area contributed by atoms with Crippen LogP contribution in [0.25, 0.3) is 6.08 Å². The predicted molar refractivity (Wildman–Crippen MR) is 79.4 cm³/mol. The van der Waals surface area contributed by atoms with Crippen LogP contribution >= 0.6 is 0 Å². The van der Waals surface area contributed by atoms with E-state index in [0.717, 1.165) is 0 Å². The molecule has 1 aromatic carbocycles. The van der Waals surface area contributed by atoms with Gasteiger partial charge in [0.2, 0.25) is 0 Å². The van der Waals surface area contributed by atoms with Crippen molar-refractivity contribution >= 4 is 12.0 Å². The van der Waals surface area contributed by atoms with Crippen molar-refractivity contribution in [2.24, 2.45) is 0 Å². The number of hydrogen-bond donors (Lipinski definition) is 1. The van der Waals surface area contributed by atoms with Gasteiger partial charge in [0.1, 0.15) is 0 Å². The Labute approximate surface area is 109 Å². The Morgan fingerprint density at radius 1 is 1.11 bits per heavy atom. The Morgan fingerprint density at radius 2 is 1.50 bits per heavy atom. The van der Waals surface area contributed by atoms with E-state index in [-0.39, 0.29) is 5.57 Å². The number of rotatable bonds is 3. The summed E-state index contributed by atoms with van der Waals surface area (Å²) in [5.74, 6) is -0.935. The van der Waals surface area contributed by atoms with E-state index >= 15 is 0 Å². The Bertz CT molecular complexity index is 371. The molecule has 0 aliphatic heterocycles. The Morgan fingerprint density at radius 3 is 1.67 bits per heavy atom. The molecule has 1 N–H and O–H groups in total. The van der Waals surface area contributed by atoms with Crippen molar-refractivity contribution in [1.29, 1.82) is 0 Å². The van der Waals surface area contributed by atoms with Crippen LogP contribution in [0.4, 0.5) is 0 Å². The first kappa shape index (κ1) is 18.0. The van der Waals surface area contributed by atoms with Crippen molar-refractivity contribution in [3.63, 3.8) is 0 Å². The fourth-order valence-corrected chi connectivity index (χ4v) is 0.589. The van der Waals surface area contributed by atoms with Gasteiger partial charge in [-0.2, -0.15) is 0 Å². The van der Waals surface area contributed by atoms with E-state index in [1.807, 2.05) is 36.4 Å². The lowest BCUT2D eigenvalue weighted by molar-refractivity contribution is -0.132. The first-order valence-electron chi connectivity index (χ1n) is 5.29. The van der Waals surface area contributed by atoms with Crippen molar-refractivity contribution in [2.75, 3.05) is 0 Å². The molecule has 0 atom stereocenters. The molecule has 0 bridgehead atoms. The highest BCUT2D eigenvalue weighted by Gasteiger charge is 1.90. The van der Waals surface area contributed by atoms with Crippen LogP contribution < -0.4 is 0 Å². The molecule has 0 heterocycles. The minimum atomic E-state index is -0.935. The largest absolute Gasteiger partial charge is 0.478 e. The van der Waals surface area contributed by atoms with E-state index in [1.165, 1.54) is 12.5 Å². The molecule has 2 nitrogen and oxygen atoms in total. The van der Waals surface area contributed by atoms with Gasteiger partial charge < -0.3 is 5.11 Å². The quantitative estimate of drug-likeness (QED) is 0.634. The van der Waals surface area contributed by atoms with Crippen molar-refractivity contribution in [1.82, 2.24) is 0 Å². The van der Waals surface area contributed by atoms with Gasteiger partial charge in [0.25, 0.3) is 0 Å². The second kappa shape index (κ2) is 12.7. The maximum atomic E-state index is 9.60. The van der Waals surface area contributed by atoms with Crippen molar-refractivity contribution < 1.29 is 9.90 Å². The number of carboxylic acids is 1. The van der Waals surface area contributed by atoms with Crippen LogP contribution in [0.15, 0.2) is 74.4 Å². The molecule has 0 unspecified atom stereocenters. The standard InChI is InChI=1S/C8H8.C4H6O2.C4H6/c1-2-8-6-4-3-5-7-8;1-3(2)4(5)6;1-3-4-2/h2-7H,1H2;1H2,2H3,(H,5,6);3-4H,1-2H2. The summed E-state index contributed by atoms with van der Waals surface area (Å²) < 4.78 is 0. The Balaban J connectivity index is 0. The Hall–Kier alpha value is -2.35. The van der Waals surface area contributed by atoms with E-state index in [9.17, 15) is 4.79 Å². The molecule has 0 radical (unpaired) electrons. The third-order valence-corrected chi connectivity index (χ3v) is 1.57. The lowest BCUT2D eigenvalue weighted by Crippen LogP contribution is -1.92. The minimum absolute atomic E-state index is 0.176. The van der Waals surface area contributed by atoms with Gasteiger partial charge in [0, 0.05) is 5.57 Å². The molecule has 0 saturated heterocycles. The molecule has 96 valence electrons. The average Bonchev–Trinajstić information content (AvgIpc) is 2.40. The highest BCUT2D eigenvalue weighted by Crippen LogP contribution is 1.97. The van der Waals surface area contributed by atoms with E-state index < -0.39 is 5.97 Å². The first-order valence-corrected chi connectivity index (χ1v) is 5.29. The summed E-state index contributed by atoms with van der Waals surface area (Å²) >= 11 is 0. The SMILES string of the molecule is C=C(C)C(=O)O.C=CC=C.C=Cc1ccccc1. The van der Waals surface area contributed by atoms with Crippen LogP contribution in [0.5, 0.6) is 0 Å². The molecular formula is C16H20O2. The second-order valence-electron chi connectivity index (χ2n) is 3.17. The lowest BCUT2D eigenvalue weighted by Gasteiger charge is -1.85. The smallest absolute Gasteiger partial charge is 0.330 e. The maximum Gasteiger partial charge on any atom is 0.330 e. The highest BCUT2D eigenvalue weighted by molar-refractivity contribution is 5.84. The second-order valence-corrected chi connectivity index (χ2v) is 3.17. The molecule has 0 aliphatic carbocycles. The summed E-state index contributed by atoms with van der Waals surface area (Å²) in [5, 5.41) is 7.89. The van der Waals surface area contributed by atoms with Gasteiger partial charge in [-0.05, 0) is 12.5 Å². The number of carboxylic acid groups (broad SMARTS) is 1. The third-order valence-electron chi connectivity index (χ3n) is 1.57. The van der Waals surface area contributed by atoms with Crippen LogP contribution in [0.3, 0.4) is 0 Å². The molecule has 0 amide bonds. The van der Waals surface area contributed by atoms with Gasteiger partial charge in [-0.3, -0.25) is 0 Å². The summed E-state index contributed by atoms with van der Waals surface area (Å²) in [5.41, 5.74) is 1.35. The summed E-state index contributed by atoms with van der Waals surface area (Å²) in [4.78, 5) is 9.60. The zero-order valence-electron chi connectivity index (χ0n) is 10.8. The number of carbonyl (C=O) groups is 1. The molecule has 2 heteroatoms. The number of benzene rings is 1. The maximum absolute atomic E-state index is 9.60. The van der Waals surface area contributed by atoms with Gasteiger partial charge in [0.05, 0.1) is 0 Å². The first-order chi connectivity index (χ1) is 8.49. The van der Waals surface area contributed by atoms with Crippen LogP contribution in [-0.4, -0.2) is 11.1 Å². The molecule has 1 aromatic rings. The van der Waals surface area contributed by atoms with E-state index in [0.29, 0.717) is 0 Å². The third kappa shape index (κ3) is 13.7. The predicted octanol–water partition coefficient (Wildman–Crippen LogP) is 4.34. The van der Waals surface area contributed by atoms with Crippen LogP contribution in [0, 0.1) is 0 Å². The summed E-state index contributed by atoms with van der Waals surface area (Å²) in [6, 6.07) is 10.0. The van der Waals surface area contributed by atoms with E-state index in [1.54, 1.807) is 12.2 Å². The van der Waals surface area contributed by atoms with Crippen LogP contribution in [-0.2, 0) is 4.79 Å². The van der Waals surface area contributed by atoms with Crippen LogP contribution in [0.1, 0.15) is 12.5 Å². The summed E-state index contributed by atoms with van der Waals surface area (Å²) in [6.07, 6.45) is 5.11. The Kier molecular flexibility index (Phi) is 12.7. The van der Waals surface area contributed by atoms with E-state index in [4.69, 9.17) is 5.11 Å². The van der Waals surface area contributed by atoms with Crippen molar-refractivity contribution in [3.8, 4) is 0 Å². The molecule has 0 saturated carbocycles. The summed E-state index contributed by atoms with van der Waals surface area (Å²) in [7, 11) is 0. The molecule has 0 spiro atoms. The summed E-state index contributed by atoms with van der Waals surface area (Å²) in [6.45, 7) is 15.0. The normalized spacial score (nSPS) is 7.39. The van der Waals surface area contributed by atoms with Gasteiger partial charge in [0.15, 0.2) is 0 Å². The number of aliphatic carboxylic acids is 1. The van der Waals surface area contributed by atoms with Gasteiger partial charge >= 0.3 is 5.97 Å². The molecule has 0 aliphatic rings. The van der Waals surface area contributed by atoms with Crippen molar-refractivity contribution in [3.05, 3.63) is 79.9 Å². The fourth-order valence-electron chi connectivity index (χ4n) is 0.589. The zero-order valence-corrected chi connectivity index (χ0v) is 10.8. The molecular weight excluding hydrogens is 224 g/mol. The molecule has 0 fully saturated rings. The molecule has 18 heavy (non-hydrogen) atoms. The van der Waals surface area contributed by atoms with E-state index in [2.05, 4.69) is 26.3 Å². The van der Waals surface area contributed by atoms with Crippen molar-refractivity contribution in [2.45, 2.75) is 6.92 Å². The van der Waals surface area contributed by atoms with Gasteiger partial charge in [-0.1, -0.05) is 74.9 Å². The molecule has 1 rings (SSSR count). The fraction of sp³-hybridized carbons (Fsp3) is 0.0625. The highest BCUT2D eigenvalue weighted by atomic mass is 16.4.